The molecule has 70 valence electrons. The fraction of sp³-hybridized carbons (Fsp3) is 0.0909. The molecule has 0 aliphatic heterocycles. The lowest BCUT2D eigenvalue weighted by atomic mass is 9.90. The van der Waals surface area contributed by atoms with Crippen molar-refractivity contribution in [3.8, 4) is 0 Å². The van der Waals surface area contributed by atoms with E-state index in [1.807, 2.05) is 0 Å². The molecule has 0 atom stereocenters. The summed E-state index contributed by atoms with van der Waals surface area (Å²) in [4.78, 5) is 22.8. The molecule has 1 aromatic carbocycles. The second-order valence-corrected chi connectivity index (χ2v) is 3.07. The molecule has 3 heteroatoms. The van der Waals surface area contributed by atoms with E-state index in [1.165, 1.54) is 0 Å². The fourth-order valence-corrected chi connectivity index (χ4v) is 1.47. The standard InChI is InChI=1S/C11H8O3/c12-6-8-5-7-3-1-2-4-9(7)11(14)10(8)13/h1-5,12H,6H2. The maximum atomic E-state index is 11.5. The Balaban J connectivity index is 2.63. The summed E-state index contributed by atoms with van der Waals surface area (Å²) in [5, 5.41) is 8.86. The van der Waals surface area contributed by atoms with E-state index in [9.17, 15) is 9.59 Å². The van der Waals surface area contributed by atoms with Crippen LogP contribution < -0.4 is 0 Å². The first-order chi connectivity index (χ1) is 6.74. The average molecular weight is 188 g/mol. The highest BCUT2D eigenvalue weighted by molar-refractivity contribution is 6.51. The first kappa shape index (κ1) is 8.84. The van der Waals surface area contributed by atoms with E-state index >= 15 is 0 Å². The van der Waals surface area contributed by atoms with Crippen LogP contribution in [0.2, 0.25) is 0 Å². The van der Waals surface area contributed by atoms with Gasteiger partial charge in [-0.15, -0.1) is 0 Å². The molecule has 0 heterocycles. The summed E-state index contributed by atoms with van der Waals surface area (Å²) in [6.45, 7) is -0.390. The molecular weight excluding hydrogens is 180 g/mol. The van der Waals surface area contributed by atoms with Gasteiger partial charge in [-0.05, 0) is 11.6 Å². The molecule has 0 bridgehead atoms. The zero-order valence-electron chi connectivity index (χ0n) is 7.36. The molecule has 1 aliphatic carbocycles. The molecule has 2 rings (SSSR count). The molecule has 1 aromatic rings. The molecule has 14 heavy (non-hydrogen) atoms. The number of benzene rings is 1. The first-order valence-corrected chi connectivity index (χ1v) is 4.23. The SMILES string of the molecule is O=C1C(=O)c2ccccc2C=C1CO. The van der Waals surface area contributed by atoms with Crippen LogP contribution in [-0.4, -0.2) is 23.3 Å². The number of hydrogen-bond acceptors (Lipinski definition) is 3. The lowest BCUT2D eigenvalue weighted by Gasteiger charge is -2.11. The minimum atomic E-state index is -0.605. The van der Waals surface area contributed by atoms with Gasteiger partial charge in [0, 0.05) is 11.1 Å². The van der Waals surface area contributed by atoms with Crippen LogP contribution in [0.4, 0.5) is 0 Å². The Morgan fingerprint density at radius 2 is 1.79 bits per heavy atom. The Bertz CT molecular complexity index is 444. The monoisotopic (exact) mass is 188 g/mol. The summed E-state index contributed by atoms with van der Waals surface area (Å²) >= 11 is 0. The largest absolute Gasteiger partial charge is 0.392 e. The zero-order chi connectivity index (χ0) is 10.1. The van der Waals surface area contributed by atoms with Crippen molar-refractivity contribution in [2.24, 2.45) is 0 Å². The number of Topliss-reactive ketones (excluding diaryl/α,β-unsaturated/α-hetero) is 2. The summed E-state index contributed by atoms with van der Waals surface area (Å²) in [6.07, 6.45) is 1.55. The lowest BCUT2D eigenvalue weighted by Crippen LogP contribution is -2.22. The predicted octanol–water partition coefficient (Wildman–Crippen LogP) is 0.828. The highest BCUT2D eigenvalue weighted by Crippen LogP contribution is 2.20. The Kier molecular flexibility index (Phi) is 2.02. The predicted molar refractivity (Wildman–Crippen MR) is 50.8 cm³/mol. The Morgan fingerprint density at radius 1 is 1.07 bits per heavy atom. The van der Waals surface area contributed by atoms with Gasteiger partial charge in [-0.3, -0.25) is 9.59 Å². The van der Waals surface area contributed by atoms with Gasteiger partial charge >= 0.3 is 0 Å². The van der Waals surface area contributed by atoms with Crippen LogP contribution in [0.5, 0.6) is 0 Å². The summed E-state index contributed by atoms with van der Waals surface area (Å²) in [5.41, 5.74) is 1.27. The molecule has 0 radical (unpaired) electrons. The van der Waals surface area contributed by atoms with Crippen molar-refractivity contribution in [3.05, 3.63) is 41.0 Å². The van der Waals surface area contributed by atoms with Gasteiger partial charge in [-0.25, -0.2) is 0 Å². The van der Waals surface area contributed by atoms with E-state index < -0.39 is 11.6 Å². The summed E-state index contributed by atoms with van der Waals surface area (Å²) in [6, 6.07) is 6.85. The van der Waals surface area contributed by atoms with E-state index in [2.05, 4.69) is 0 Å². The van der Waals surface area contributed by atoms with Crippen molar-refractivity contribution < 1.29 is 14.7 Å². The van der Waals surface area contributed by atoms with Crippen molar-refractivity contribution in [2.75, 3.05) is 6.61 Å². The minimum Gasteiger partial charge on any atom is -0.392 e. The van der Waals surface area contributed by atoms with Gasteiger partial charge in [0.05, 0.1) is 6.61 Å². The molecule has 0 unspecified atom stereocenters. The quantitative estimate of drug-likeness (QED) is 0.664. The molecule has 0 aromatic heterocycles. The molecular formula is C11H8O3. The third-order valence-corrected chi connectivity index (χ3v) is 2.20. The molecule has 0 spiro atoms. The number of carbonyl (C=O) groups excluding carboxylic acids is 2. The van der Waals surface area contributed by atoms with Crippen molar-refractivity contribution >= 4 is 17.6 Å². The topological polar surface area (TPSA) is 54.4 Å². The molecule has 0 saturated carbocycles. The van der Waals surface area contributed by atoms with Crippen LogP contribution in [0.25, 0.3) is 6.08 Å². The molecule has 0 amide bonds. The number of fused-ring (bicyclic) bond motifs is 1. The van der Waals surface area contributed by atoms with Crippen LogP contribution in [0, 0.1) is 0 Å². The maximum absolute atomic E-state index is 11.5. The second kappa shape index (κ2) is 3.20. The molecule has 1 aliphatic rings. The number of ketones is 2. The van der Waals surface area contributed by atoms with E-state index in [0.29, 0.717) is 11.1 Å². The zero-order valence-corrected chi connectivity index (χ0v) is 7.36. The molecule has 3 nitrogen and oxygen atoms in total. The summed E-state index contributed by atoms with van der Waals surface area (Å²) in [5.74, 6) is -1.14. The number of hydrogen-bond donors (Lipinski definition) is 1. The van der Waals surface area contributed by atoms with E-state index in [4.69, 9.17) is 5.11 Å². The van der Waals surface area contributed by atoms with Gasteiger partial charge in [0.25, 0.3) is 0 Å². The minimum absolute atomic E-state index is 0.161. The van der Waals surface area contributed by atoms with Gasteiger partial charge in [0.1, 0.15) is 0 Å². The number of aliphatic hydroxyl groups excluding tert-OH is 1. The van der Waals surface area contributed by atoms with Crippen LogP contribution in [0.1, 0.15) is 15.9 Å². The Morgan fingerprint density at radius 3 is 2.50 bits per heavy atom. The van der Waals surface area contributed by atoms with E-state index in [1.54, 1.807) is 30.3 Å². The molecule has 0 saturated heterocycles. The smallest absolute Gasteiger partial charge is 0.233 e. The van der Waals surface area contributed by atoms with E-state index in [-0.39, 0.29) is 12.2 Å². The van der Waals surface area contributed by atoms with Crippen LogP contribution in [0.15, 0.2) is 29.8 Å². The molecule has 0 fully saturated rings. The van der Waals surface area contributed by atoms with Gasteiger partial charge in [0.15, 0.2) is 0 Å². The normalized spacial score (nSPS) is 15.1. The average Bonchev–Trinajstić information content (AvgIpc) is 2.23. The van der Waals surface area contributed by atoms with Gasteiger partial charge in [-0.2, -0.15) is 0 Å². The lowest BCUT2D eigenvalue weighted by molar-refractivity contribution is -0.112. The third-order valence-electron chi connectivity index (χ3n) is 2.20. The Hall–Kier alpha value is -1.74. The van der Waals surface area contributed by atoms with Crippen molar-refractivity contribution in [2.45, 2.75) is 0 Å². The van der Waals surface area contributed by atoms with Crippen LogP contribution in [-0.2, 0) is 4.79 Å². The maximum Gasteiger partial charge on any atom is 0.233 e. The Labute approximate surface area is 80.7 Å². The van der Waals surface area contributed by atoms with Crippen LogP contribution in [0.3, 0.4) is 0 Å². The van der Waals surface area contributed by atoms with Gasteiger partial charge in [-0.1, -0.05) is 24.3 Å². The number of aliphatic hydroxyl groups is 1. The number of rotatable bonds is 1. The first-order valence-electron chi connectivity index (χ1n) is 4.23. The fourth-order valence-electron chi connectivity index (χ4n) is 1.47. The van der Waals surface area contributed by atoms with Crippen molar-refractivity contribution in [1.29, 1.82) is 0 Å². The second-order valence-electron chi connectivity index (χ2n) is 3.07. The highest BCUT2D eigenvalue weighted by Gasteiger charge is 2.26. The number of carbonyl (C=O) groups is 2. The third kappa shape index (κ3) is 1.18. The highest BCUT2D eigenvalue weighted by atomic mass is 16.3. The van der Waals surface area contributed by atoms with Gasteiger partial charge in [0.2, 0.25) is 11.6 Å². The summed E-state index contributed by atoms with van der Waals surface area (Å²) in [7, 11) is 0. The molecule has 1 N–H and O–H groups in total. The van der Waals surface area contributed by atoms with E-state index in [0.717, 1.165) is 0 Å². The summed E-state index contributed by atoms with van der Waals surface area (Å²) < 4.78 is 0. The van der Waals surface area contributed by atoms with Crippen LogP contribution >= 0.6 is 0 Å². The van der Waals surface area contributed by atoms with Gasteiger partial charge < -0.3 is 5.11 Å². The van der Waals surface area contributed by atoms with Crippen molar-refractivity contribution in [1.82, 2.24) is 0 Å². The van der Waals surface area contributed by atoms with Crippen molar-refractivity contribution in [3.63, 3.8) is 0 Å².